The molecule has 1 amide bonds. The first-order valence-corrected chi connectivity index (χ1v) is 19.0. The molecule has 4 aromatic rings. The highest BCUT2D eigenvalue weighted by molar-refractivity contribution is 7.92. The SMILES string of the molecule is COC(=O)C1CCN(c2ccc(CN3C(=O)c4cccc(c4)S(=O)(=O)Nc4nc(cc(-c5c(C)cccc5C)n4)OC[C@H]3CC(C)(C)C)nc2)CC1. The van der Waals surface area contributed by atoms with Crippen LogP contribution < -0.4 is 14.4 Å². The molecule has 0 spiro atoms. The van der Waals surface area contributed by atoms with Gasteiger partial charge in [-0.25, -0.2) is 18.1 Å². The molecule has 4 bridgehead atoms. The smallest absolute Gasteiger partial charge is 0.308 e. The third-order valence-electron chi connectivity index (χ3n) is 9.57. The topological polar surface area (TPSA) is 144 Å². The number of carbonyl (C=O) groups excluding carboxylic acids is 2. The van der Waals surface area contributed by atoms with Crippen molar-refractivity contribution in [2.75, 3.05) is 36.4 Å². The Morgan fingerprint density at radius 1 is 1.00 bits per heavy atom. The van der Waals surface area contributed by atoms with E-state index in [1.807, 2.05) is 44.2 Å². The molecule has 1 fully saturated rings. The molecule has 52 heavy (non-hydrogen) atoms. The molecule has 1 saturated heterocycles. The van der Waals surface area contributed by atoms with E-state index in [1.54, 1.807) is 29.3 Å². The summed E-state index contributed by atoms with van der Waals surface area (Å²) in [5, 5.41) is 0. The summed E-state index contributed by atoms with van der Waals surface area (Å²) in [6.07, 6.45) is 3.78. The number of rotatable bonds is 6. The lowest BCUT2D eigenvalue weighted by atomic mass is 9.87. The summed E-state index contributed by atoms with van der Waals surface area (Å²) in [4.78, 5) is 44.2. The number of benzene rings is 2. The zero-order valence-corrected chi connectivity index (χ0v) is 31.4. The van der Waals surface area contributed by atoms with Gasteiger partial charge in [-0.3, -0.25) is 14.6 Å². The first kappa shape index (κ1) is 36.7. The second-order valence-corrected chi connectivity index (χ2v) is 16.5. The molecule has 0 unspecified atom stereocenters. The Morgan fingerprint density at radius 2 is 1.71 bits per heavy atom. The quantitative estimate of drug-likeness (QED) is 0.229. The highest BCUT2D eigenvalue weighted by Crippen LogP contribution is 2.32. The van der Waals surface area contributed by atoms with Crippen LogP contribution in [0, 0.1) is 25.2 Å². The zero-order chi connectivity index (χ0) is 37.2. The van der Waals surface area contributed by atoms with Crippen molar-refractivity contribution in [3.05, 3.63) is 89.2 Å². The number of ether oxygens (including phenoxy) is 2. The van der Waals surface area contributed by atoms with Crippen LogP contribution in [0.4, 0.5) is 11.6 Å². The summed E-state index contributed by atoms with van der Waals surface area (Å²) in [7, 11) is -2.77. The molecule has 6 rings (SSSR count). The fourth-order valence-electron chi connectivity index (χ4n) is 6.96. The summed E-state index contributed by atoms with van der Waals surface area (Å²) in [6, 6.07) is 17.1. The van der Waals surface area contributed by atoms with Crippen molar-refractivity contribution in [1.82, 2.24) is 19.9 Å². The van der Waals surface area contributed by atoms with Crippen LogP contribution in [-0.4, -0.2) is 73.0 Å². The Hall–Kier alpha value is -5.04. The van der Waals surface area contributed by atoms with Crippen molar-refractivity contribution in [2.24, 2.45) is 11.3 Å². The number of amides is 1. The number of esters is 1. The van der Waals surface area contributed by atoms with Gasteiger partial charge in [0.05, 0.1) is 53.8 Å². The highest BCUT2D eigenvalue weighted by Gasteiger charge is 2.32. The third-order valence-corrected chi connectivity index (χ3v) is 10.9. The van der Waals surface area contributed by atoms with E-state index in [0.29, 0.717) is 43.7 Å². The van der Waals surface area contributed by atoms with Crippen molar-refractivity contribution in [3.8, 4) is 17.1 Å². The van der Waals surface area contributed by atoms with E-state index in [-0.39, 0.29) is 58.6 Å². The number of hydrogen-bond acceptors (Lipinski definition) is 10. The van der Waals surface area contributed by atoms with Crippen LogP contribution >= 0.6 is 0 Å². The highest BCUT2D eigenvalue weighted by atomic mass is 32.2. The maximum Gasteiger partial charge on any atom is 0.308 e. The lowest BCUT2D eigenvalue weighted by Crippen LogP contribution is -2.45. The standard InChI is InChI=1S/C39H46N6O6S/c1-25-9-7-10-26(2)35(25)33-20-34-42-38(41-33)43-52(48,49)32-12-8-11-28(19-32)36(46)45(31(24-51-34)21-39(3,4)5)23-29-13-14-30(22-40-29)44-17-15-27(16-18-44)37(47)50-6/h7-14,19-20,22,27,31H,15-18,21,23-24H2,1-6H3,(H,41,42,43)/t31-/m1/s1. The van der Waals surface area contributed by atoms with Crippen LogP contribution in [-0.2, 0) is 26.1 Å². The second kappa shape index (κ2) is 14.9. The molecule has 0 saturated carbocycles. The van der Waals surface area contributed by atoms with E-state index in [9.17, 15) is 18.0 Å². The van der Waals surface area contributed by atoms with Gasteiger partial charge in [0.2, 0.25) is 11.8 Å². The van der Waals surface area contributed by atoms with Gasteiger partial charge in [-0.15, -0.1) is 0 Å². The van der Waals surface area contributed by atoms with Crippen molar-refractivity contribution in [1.29, 1.82) is 0 Å². The molecule has 1 atom stereocenters. The largest absolute Gasteiger partial charge is 0.475 e. The molecule has 2 aliphatic rings. The lowest BCUT2D eigenvalue weighted by molar-refractivity contribution is -0.146. The monoisotopic (exact) mass is 726 g/mol. The van der Waals surface area contributed by atoms with Crippen LogP contribution in [0.2, 0.25) is 0 Å². The molecule has 274 valence electrons. The van der Waals surface area contributed by atoms with Crippen molar-refractivity contribution in [3.63, 3.8) is 0 Å². The minimum Gasteiger partial charge on any atom is -0.475 e. The molecule has 4 heterocycles. The molecule has 2 aliphatic heterocycles. The average Bonchev–Trinajstić information content (AvgIpc) is 3.11. The Labute approximate surface area is 305 Å². The molecule has 2 aromatic carbocycles. The fraction of sp³-hybridized carbons (Fsp3) is 0.410. The van der Waals surface area contributed by atoms with Crippen LogP contribution in [0.5, 0.6) is 5.88 Å². The summed E-state index contributed by atoms with van der Waals surface area (Å²) in [5.74, 6) is -0.570. The van der Waals surface area contributed by atoms with E-state index < -0.39 is 16.1 Å². The number of methoxy groups -OCH3 is 1. The number of aryl methyl sites for hydroxylation is 2. The van der Waals surface area contributed by atoms with Crippen molar-refractivity contribution >= 4 is 33.5 Å². The number of anilines is 2. The number of nitrogens with one attached hydrogen (secondary N) is 1. The van der Waals surface area contributed by atoms with Crippen LogP contribution in [0.1, 0.15) is 67.2 Å². The number of fused-ring (bicyclic) bond motifs is 4. The van der Waals surface area contributed by atoms with Crippen molar-refractivity contribution < 1.29 is 27.5 Å². The number of sulfonamides is 1. The van der Waals surface area contributed by atoms with Gasteiger partial charge in [0.1, 0.15) is 6.61 Å². The van der Waals surface area contributed by atoms with E-state index in [4.69, 9.17) is 14.5 Å². The van der Waals surface area contributed by atoms with Gasteiger partial charge in [-0.2, -0.15) is 4.98 Å². The molecule has 12 nitrogen and oxygen atoms in total. The average molecular weight is 727 g/mol. The van der Waals surface area contributed by atoms with Gasteiger partial charge >= 0.3 is 5.97 Å². The van der Waals surface area contributed by atoms with Gasteiger partial charge in [0.15, 0.2) is 0 Å². The minimum absolute atomic E-state index is 0.0886. The van der Waals surface area contributed by atoms with Gasteiger partial charge < -0.3 is 19.3 Å². The summed E-state index contributed by atoms with van der Waals surface area (Å²) >= 11 is 0. The molecule has 2 aromatic heterocycles. The molecule has 0 radical (unpaired) electrons. The predicted molar refractivity (Wildman–Crippen MR) is 199 cm³/mol. The fourth-order valence-corrected chi connectivity index (χ4v) is 7.95. The number of hydrogen-bond donors (Lipinski definition) is 1. The molecular formula is C39H46N6O6S. The van der Waals surface area contributed by atoms with Gasteiger partial charge in [-0.1, -0.05) is 45.0 Å². The lowest BCUT2D eigenvalue weighted by Gasteiger charge is -2.36. The number of aromatic nitrogens is 3. The molecule has 1 N–H and O–H groups in total. The Bertz CT molecular complexity index is 2040. The first-order valence-electron chi connectivity index (χ1n) is 17.5. The normalized spacial score (nSPS) is 18.0. The number of carbonyl (C=O) groups is 2. The molecule has 0 aliphatic carbocycles. The van der Waals surface area contributed by atoms with Gasteiger partial charge in [0.25, 0.3) is 15.9 Å². The Morgan fingerprint density at radius 3 is 2.37 bits per heavy atom. The van der Waals surface area contributed by atoms with Crippen LogP contribution in [0.15, 0.2) is 71.8 Å². The van der Waals surface area contributed by atoms with E-state index in [0.717, 1.165) is 22.4 Å². The summed E-state index contributed by atoms with van der Waals surface area (Å²) < 4.78 is 41.3. The zero-order valence-electron chi connectivity index (χ0n) is 30.5. The van der Waals surface area contributed by atoms with Gasteiger partial charge in [-0.05, 0) is 80.0 Å². The third kappa shape index (κ3) is 8.36. The number of nitrogens with zero attached hydrogens (tertiary/aromatic N) is 5. The second-order valence-electron chi connectivity index (χ2n) is 14.8. The van der Waals surface area contributed by atoms with E-state index in [1.165, 1.54) is 19.2 Å². The maximum absolute atomic E-state index is 14.5. The minimum atomic E-state index is -4.19. The maximum atomic E-state index is 14.5. The van der Waals surface area contributed by atoms with E-state index >= 15 is 0 Å². The summed E-state index contributed by atoms with van der Waals surface area (Å²) in [5.41, 5.74) is 4.91. The van der Waals surface area contributed by atoms with Crippen LogP contribution in [0.25, 0.3) is 11.3 Å². The first-order chi connectivity index (χ1) is 24.7. The Kier molecular flexibility index (Phi) is 10.5. The van der Waals surface area contributed by atoms with Gasteiger partial charge in [0, 0.05) is 30.3 Å². The van der Waals surface area contributed by atoms with Crippen LogP contribution in [0.3, 0.4) is 0 Å². The van der Waals surface area contributed by atoms with E-state index in [2.05, 4.69) is 40.4 Å². The van der Waals surface area contributed by atoms with Crippen molar-refractivity contribution in [2.45, 2.75) is 71.4 Å². The number of piperidine rings is 1. The molecular weight excluding hydrogens is 681 g/mol. The number of pyridine rings is 1. The summed E-state index contributed by atoms with van der Waals surface area (Å²) in [6.45, 7) is 11.9. The predicted octanol–water partition coefficient (Wildman–Crippen LogP) is 6.19. The molecule has 13 heteroatoms. The Balaban J connectivity index is 1.37.